The third-order valence-electron chi connectivity index (χ3n) is 4.99. The zero-order chi connectivity index (χ0) is 20.2. The first-order chi connectivity index (χ1) is 14.1. The fourth-order valence-electron chi connectivity index (χ4n) is 3.45. The molecule has 2 aromatic carbocycles. The Morgan fingerprint density at radius 1 is 1.21 bits per heavy atom. The lowest BCUT2D eigenvalue weighted by Gasteiger charge is -2.18. The highest BCUT2D eigenvalue weighted by Crippen LogP contribution is 2.24. The average molecular weight is 389 g/mol. The number of nitrogens with zero attached hydrogens (tertiary/aromatic N) is 2. The highest BCUT2D eigenvalue weighted by molar-refractivity contribution is 5.99. The smallest absolute Gasteiger partial charge is 0.251 e. The Labute approximate surface area is 169 Å². The minimum atomic E-state index is -0.149. The van der Waals surface area contributed by atoms with Crippen molar-refractivity contribution in [1.82, 2.24) is 10.3 Å². The molecule has 1 aromatic heterocycles. The molecule has 4 rings (SSSR count). The van der Waals surface area contributed by atoms with E-state index in [0.29, 0.717) is 36.1 Å². The van der Waals surface area contributed by atoms with Gasteiger partial charge in [-0.15, -0.1) is 0 Å². The summed E-state index contributed by atoms with van der Waals surface area (Å²) in [6.45, 7) is 1.59. The van der Waals surface area contributed by atoms with E-state index in [2.05, 4.69) is 10.3 Å². The molecule has 4 N–H and O–H groups in total. The Bertz CT molecular complexity index is 1050. The fraction of sp³-hybridized carbons (Fsp3) is 0.227. The zero-order valence-electron chi connectivity index (χ0n) is 16.0. The van der Waals surface area contributed by atoms with Crippen LogP contribution in [0, 0.1) is 5.41 Å². The average Bonchev–Trinajstić information content (AvgIpc) is 3.17. The number of amidine groups is 1. The highest BCUT2D eigenvalue weighted by atomic mass is 16.5. The van der Waals surface area contributed by atoms with Crippen LogP contribution in [0.4, 0.5) is 11.5 Å². The first-order valence-corrected chi connectivity index (χ1v) is 9.62. The van der Waals surface area contributed by atoms with E-state index < -0.39 is 0 Å². The number of fused-ring (bicyclic) bond motifs is 1. The third-order valence-corrected chi connectivity index (χ3v) is 4.99. The van der Waals surface area contributed by atoms with Gasteiger partial charge in [-0.25, -0.2) is 4.98 Å². The predicted octanol–water partition coefficient (Wildman–Crippen LogP) is 3.20. The molecule has 0 atom stereocenters. The molecular weight excluding hydrogens is 366 g/mol. The Hall–Kier alpha value is -3.61. The second-order valence-corrected chi connectivity index (χ2v) is 6.93. The van der Waals surface area contributed by atoms with E-state index in [1.807, 2.05) is 41.3 Å². The maximum absolute atomic E-state index is 12.3. The number of nitrogen functional groups attached to an aromatic ring is 1. The first kappa shape index (κ1) is 18.7. The monoisotopic (exact) mass is 389 g/mol. The van der Waals surface area contributed by atoms with Gasteiger partial charge in [0.1, 0.15) is 24.0 Å². The van der Waals surface area contributed by atoms with Gasteiger partial charge in [0.05, 0.1) is 6.54 Å². The molecule has 0 saturated carbocycles. The van der Waals surface area contributed by atoms with Crippen molar-refractivity contribution < 1.29 is 9.53 Å². The van der Waals surface area contributed by atoms with E-state index in [9.17, 15) is 4.79 Å². The molecule has 0 radical (unpaired) electrons. The quantitative estimate of drug-likeness (QED) is 0.562. The van der Waals surface area contributed by atoms with Crippen molar-refractivity contribution in [2.24, 2.45) is 0 Å². The van der Waals surface area contributed by atoms with E-state index in [-0.39, 0.29) is 5.91 Å². The van der Waals surface area contributed by atoms with Gasteiger partial charge in [-0.2, -0.15) is 0 Å². The number of anilines is 2. The van der Waals surface area contributed by atoms with Crippen LogP contribution in [0.15, 0.2) is 54.7 Å². The van der Waals surface area contributed by atoms with Crippen molar-refractivity contribution in [3.8, 4) is 5.75 Å². The van der Waals surface area contributed by atoms with Gasteiger partial charge in [-0.3, -0.25) is 10.2 Å². The van der Waals surface area contributed by atoms with Crippen molar-refractivity contribution in [2.75, 3.05) is 30.3 Å². The molecule has 7 heteroatoms. The maximum atomic E-state index is 12.3. The zero-order valence-corrected chi connectivity index (χ0v) is 16.0. The first-order valence-electron chi connectivity index (χ1n) is 9.62. The molecule has 1 aliphatic rings. The Kier molecular flexibility index (Phi) is 5.29. The van der Waals surface area contributed by atoms with Crippen molar-refractivity contribution >= 4 is 34.0 Å². The van der Waals surface area contributed by atoms with Crippen LogP contribution in [0.5, 0.6) is 5.75 Å². The summed E-state index contributed by atoms with van der Waals surface area (Å²) in [5.74, 6) is 1.63. The van der Waals surface area contributed by atoms with Crippen molar-refractivity contribution in [1.29, 1.82) is 5.41 Å². The van der Waals surface area contributed by atoms with Gasteiger partial charge in [-0.05, 0) is 54.3 Å². The summed E-state index contributed by atoms with van der Waals surface area (Å²) < 4.78 is 5.73. The fourth-order valence-corrected chi connectivity index (χ4v) is 3.45. The number of nitrogens with one attached hydrogen (secondary N) is 2. The molecular formula is C22H23N5O2. The number of rotatable bonds is 6. The minimum Gasteiger partial charge on any atom is -0.492 e. The number of hydrogen-bond acceptors (Lipinski definition) is 5. The standard InChI is InChI=1S/C22H23N5O2/c23-20-2-1-12-27(20)17-6-3-16(4-7-17)22(28)26-11-13-29-18-8-5-15-9-10-25-21(24)19(15)14-18/h3-10,14,23H,1-2,11-13H2,(H2,24,25)(H,26,28). The maximum Gasteiger partial charge on any atom is 0.251 e. The molecule has 148 valence electrons. The van der Waals surface area contributed by atoms with Crippen LogP contribution in [0.25, 0.3) is 10.8 Å². The lowest BCUT2D eigenvalue weighted by molar-refractivity contribution is 0.0947. The lowest BCUT2D eigenvalue weighted by Crippen LogP contribution is -2.28. The van der Waals surface area contributed by atoms with Gasteiger partial charge in [0.15, 0.2) is 0 Å². The van der Waals surface area contributed by atoms with Gasteiger partial charge in [0.2, 0.25) is 0 Å². The molecule has 1 fully saturated rings. The number of pyridine rings is 1. The van der Waals surface area contributed by atoms with E-state index in [0.717, 1.165) is 35.8 Å². The largest absolute Gasteiger partial charge is 0.492 e. The number of ether oxygens (including phenoxy) is 1. The second kappa shape index (κ2) is 8.18. The lowest BCUT2D eigenvalue weighted by atomic mass is 10.1. The van der Waals surface area contributed by atoms with E-state index in [1.54, 1.807) is 18.3 Å². The van der Waals surface area contributed by atoms with Crippen LogP contribution < -0.4 is 20.7 Å². The van der Waals surface area contributed by atoms with Gasteiger partial charge in [-0.1, -0.05) is 6.07 Å². The van der Waals surface area contributed by atoms with E-state index in [4.69, 9.17) is 15.9 Å². The van der Waals surface area contributed by atoms with Crippen LogP contribution in [0.3, 0.4) is 0 Å². The summed E-state index contributed by atoms with van der Waals surface area (Å²) in [5.41, 5.74) is 7.45. The SMILES string of the molecule is N=C1CCCN1c1ccc(C(=O)NCCOc2ccc3ccnc(N)c3c2)cc1. The van der Waals surface area contributed by atoms with Crippen LogP contribution in [-0.2, 0) is 0 Å². The number of hydrogen-bond donors (Lipinski definition) is 3. The number of amides is 1. The molecule has 0 aliphatic carbocycles. The Morgan fingerprint density at radius 2 is 2.03 bits per heavy atom. The van der Waals surface area contributed by atoms with Crippen LogP contribution in [0.2, 0.25) is 0 Å². The third kappa shape index (κ3) is 4.13. The van der Waals surface area contributed by atoms with Crippen LogP contribution in [0.1, 0.15) is 23.2 Å². The molecule has 2 heterocycles. The molecule has 0 spiro atoms. The minimum absolute atomic E-state index is 0.149. The van der Waals surface area contributed by atoms with E-state index in [1.165, 1.54) is 0 Å². The Balaban J connectivity index is 1.29. The molecule has 1 saturated heterocycles. The van der Waals surface area contributed by atoms with E-state index >= 15 is 0 Å². The summed E-state index contributed by atoms with van der Waals surface area (Å²) >= 11 is 0. The van der Waals surface area contributed by atoms with Gasteiger partial charge >= 0.3 is 0 Å². The summed E-state index contributed by atoms with van der Waals surface area (Å²) in [6.07, 6.45) is 3.49. The van der Waals surface area contributed by atoms with Gasteiger partial charge in [0.25, 0.3) is 5.91 Å². The summed E-state index contributed by atoms with van der Waals surface area (Å²) in [5, 5.41) is 12.7. The molecule has 0 unspecified atom stereocenters. The number of carbonyl (C=O) groups is 1. The number of carbonyl (C=O) groups excluding carboxylic acids is 1. The number of benzene rings is 2. The summed E-state index contributed by atoms with van der Waals surface area (Å²) in [7, 11) is 0. The molecule has 0 bridgehead atoms. The molecule has 3 aromatic rings. The second-order valence-electron chi connectivity index (χ2n) is 6.93. The number of nitrogens with two attached hydrogens (primary N) is 1. The summed E-state index contributed by atoms with van der Waals surface area (Å²) in [4.78, 5) is 18.4. The Morgan fingerprint density at radius 3 is 2.79 bits per heavy atom. The molecule has 29 heavy (non-hydrogen) atoms. The molecule has 1 aliphatic heterocycles. The normalized spacial score (nSPS) is 13.7. The number of aromatic nitrogens is 1. The molecule has 1 amide bonds. The van der Waals surface area contributed by atoms with Crippen molar-refractivity contribution in [3.05, 3.63) is 60.3 Å². The predicted molar refractivity (Wildman–Crippen MR) is 115 cm³/mol. The molecule has 7 nitrogen and oxygen atoms in total. The van der Waals surface area contributed by atoms with Crippen molar-refractivity contribution in [3.63, 3.8) is 0 Å². The van der Waals surface area contributed by atoms with Gasteiger partial charge in [0, 0.05) is 35.8 Å². The van der Waals surface area contributed by atoms with Crippen molar-refractivity contribution in [2.45, 2.75) is 12.8 Å². The van der Waals surface area contributed by atoms with Crippen LogP contribution in [-0.4, -0.2) is 36.4 Å². The topological polar surface area (TPSA) is 104 Å². The van der Waals surface area contributed by atoms with Gasteiger partial charge < -0.3 is 20.7 Å². The summed E-state index contributed by atoms with van der Waals surface area (Å²) in [6, 6.07) is 14.9. The highest BCUT2D eigenvalue weighted by Gasteiger charge is 2.18. The van der Waals surface area contributed by atoms with Crippen LogP contribution >= 0.6 is 0 Å².